The van der Waals surface area contributed by atoms with E-state index in [0.29, 0.717) is 5.56 Å². The maximum atomic E-state index is 11.9. The number of carbonyl (C=O) groups excluding carboxylic acids is 1. The summed E-state index contributed by atoms with van der Waals surface area (Å²) in [6.07, 6.45) is 10.5. The minimum atomic E-state index is -0.964. The minimum absolute atomic E-state index is 0.0605. The number of carbonyl (C=O) groups is 1. The highest BCUT2D eigenvalue weighted by Gasteiger charge is 2.54. The lowest BCUT2D eigenvalue weighted by molar-refractivity contribution is -0.00659. The Balaban J connectivity index is 1.65. The average Bonchev–Trinajstić information content (AvgIpc) is 2.81. The maximum absolute atomic E-state index is 11.9. The Kier molecular flexibility index (Phi) is 6.93. The number of benzene rings is 2. The van der Waals surface area contributed by atoms with Crippen molar-refractivity contribution in [2.45, 2.75) is 90.1 Å². The van der Waals surface area contributed by atoms with E-state index in [9.17, 15) is 4.79 Å². The third kappa shape index (κ3) is 5.06. The summed E-state index contributed by atoms with van der Waals surface area (Å²) in [7, 11) is 0.454. The molecule has 0 aliphatic heterocycles. The maximum Gasteiger partial charge on any atom is 0.337 e. The number of esters is 1. The second-order valence-electron chi connectivity index (χ2n) is 13.3. The van der Waals surface area contributed by atoms with Gasteiger partial charge in [0.2, 0.25) is 0 Å². The van der Waals surface area contributed by atoms with Gasteiger partial charge in [-0.2, -0.15) is 0 Å². The molecule has 0 amide bonds. The molecule has 4 saturated carbocycles. The van der Waals surface area contributed by atoms with Crippen molar-refractivity contribution < 1.29 is 14.0 Å². The molecule has 0 atom stereocenters. The Morgan fingerprint density at radius 2 is 1.51 bits per heavy atom. The first-order valence-corrected chi connectivity index (χ1v) is 16.4. The molecular weight excluding hydrogens is 472 g/mol. The SMILES string of the molecule is COC(=O)c1ccc(C=C(C)c2ccc(C(C)(C)C)c(C34CC5CC(CC(C5)C3)C4)c2O[Si](C)C)cc1. The zero-order chi connectivity index (χ0) is 26.5. The molecule has 4 bridgehead atoms. The van der Waals surface area contributed by atoms with E-state index in [1.165, 1.54) is 67.9 Å². The van der Waals surface area contributed by atoms with Gasteiger partial charge in [0.25, 0.3) is 9.04 Å². The first-order valence-electron chi connectivity index (χ1n) is 14.0. The topological polar surface area (TPSA) is 35.5 Å². The molecule has 0 heterocycles. The normalized spacial score (nSPS) is 27.0. The van der Waals surface area contributed by atoms with E-state index in [-0.39, 0.29) is 16.8 Å². The predicted octanol–water partition coefficient (Wildman–Crippen LogP) is 8.43. The van der Waals surface area contributed by atoms with Crippen molar-refractivity contribution in [1.82, 2.24) is 0 Å². The van der Waals surface area contributed by atoms with Crippen LogP contribution in [-0.4, -0.2) is 22.1 Å². The third-order valence-corrected chi connectivity index (χ3v) is 9.59. The molecule has 197 valence electrons. The van der Waals surface area contributed by atoms with Crippen molar-refractivity contribution in [3.05, 3.63) is 64.2 Å². The van der Waals surface area contributed by atoms with E-state index >= 15 is 0 Å². The molecule has 2 aromatic rings. The van der Waals surface area contributed by atoms with Crippen LogP contribution in [0.4, 0.5) is 0 Å². The van der Waals surface area contributed by atoms with Crippen molar-refractivity contribution >= 4 is 26.7 Å². The molecule has 4 heteroatoms. The van der Waals surface area contributed by atoms with Gasteiger partial charge >= 0.3 is 5.97 Å². The Labute approximate surface area is 225 Å². The van der Waals surface area contributed by atoms with Gasteiger partial charge in [-0.1, -0.05) is 51.1 Å². The van der Waals surface area contributed by atoms with E-state index in [2.05, 4.69) is 59.0 Å². The second kappa shape index (κ2) is 9.76. The number of ether oxygens (including phenoxy) is 1. The van der Waals surface area contributed by atoms with Crippen LogP contribution >= 0.6 is 0 Å². The van der Waals surface area contributed by atoms with E-state index in [1.54, 1.807) is 0 Å². The van der Waals surface area contributed by atoms with Gasteiger partial charge in [0.1, 0.15) is 5.75 Å². The molecule has 37 heavy (non-hydrogen) atoms. The van der Waals surface area contributed by atoms with Crippen LogP contribution in [0.1, 0.15) is 98.8 Å². The summed E-state index contributed by atoms with van der Waals surface area (Å²) in [5.74, 6) is 3.50. The largest absolute Gasteiger partial charge is 0.542 e. The molecule has 4 fully saturated rings. The van der Waals surface area contributed by atoms with Crippen molar-refractivity contribution in [2.75, 3.05) is 7.11 Å². The Hall–Kier alpha value is -2.33. The standard InChI is InChI=1S/C33H43O3Si/c1-21(14-22-8-10-26(11-9-22)31(34)35-5)27-12-13-28(32(2,3)4)29(30(27)36-37(6)7)33-18-23-15-24(19-33)17-25(16-23)20-33/h8-14,23-25H,15-20H2,1-7H3. The minimum Gasteiger partial charge on any atom is -0.542 e. The first-order chi connectivity index (χ1) is 17.5. The van der Waals surface area contributed by atoms with Gasteiger partial charge in [-0.3, -0.25) is 0 Å². The number of hydrogen-bond acceptors (Lipinski definition) is 3. The highest BCUT2D eigenvalue weighted by atomic mass is 28.3. The Morgan fingerprint density at radius 3 is 2.00 bits per heavy atom. The molecule has 4 aliphatic rings. The average molecular weight is 516 g/mol. The van der Waals surface area contributed by atoms with Crippen LogP contribution in [-0.2, 0) is 15.6 Å². The van der Waals surface area contributed by atoms with Gasteiger partial charge in [-0.05, 0) is 111 Å². The Bertz CT molecular complexity index is 1160. The summed E-state index contributed by atoms with van der Waals surface area (Å²) in [4.78, 5) is 11.9. The van der Waals surface area contributed by atoms with Crippen LogP contribution in [0, 0.1) is 17.8 Å². The fraction of sp³-hybridized carbons (Fsp3) is 0.545. The van der Waals surface area contributed by atoms with Gasteiger partial charge in [0.15, 0.2) is 0 Å². The van der Waals surface area contributed by atoms with E-state index in [0.717, 1.165) is 29.1 Å². The molecule has 0 saturated heterocycles. The summed E-state index contributed by atoms with van der Waals surface area (Å²) in [6, 6.07) is 12.4. The van der Waals surface area contributed by atoms with Gasteiger partial charge in [-0.15, -0.1) is 0 Å². The summed E-state index contributed by atoms with van der Waals surface area (Å²) < 4.78 is 11.8. The molecule has 0 unspecified atom stereocenters. The van der Waals surface area contributed by atoms with Crippen molar-refractivity contribution in [2.24, 2.45) is 17.8 Å². The van der Waals surface area contributed by atoms with Crippen molar-refractivity contribution in [1.29, 1.82) is 0 Å². The predicted molar refractivity (Wildman–Crippen MR) is 154 cm³/mol. The van der Waals surface area contributed by atoms with Crippen LogP contribution < -0.4 is 4.43 Å². The van der Waals surface area contributed by atoms with Gasteiger partial charge < -0.3 is 9.16 Å². The van der Waals surface area contributed by atoms with Crippen molar-refractivity contribution in [3.8, 4) is 5.75 Å². The van der Waals surface area contributed by atoms with Crippen LogP contribution in [0.5, 0.6) is 5.75 Å². The van der Waals surface area contributed by atoms with Crippen molar-refractivity contribution in [3.63, 3.8) is 0 Å². The zero-order valence-corrected chi connectivity index (χ0v) is 24.7. The van der Waals surface area contributed by atoms with Crippen LogP contribution in [0.25, 0.3) is 11.6 Å². The molecular formula is C33H43O3Si. The highest BCUT2D eigenvalue weighted by molar-refractivity contribution is 6.49. The number of methoxy groups -OCH3 is 1. The van der Waals surface area contributed by atoms with E-state index in [4.69, 9.17) is 9.16 Å². The molecule has 0 spiro atoms. The quantitative estimate of drug-likeness (QED) is 0.220. The summed E-state index contributed by atoms with van der Waals surface area (Å²) in [5.41, 5.74) is 7.41. The molecule has 0 aromatic heterocycles. The van der Waals surface area contributed by atoms with Gasteiger partial charge in [-0.25, -0.2) is 4.79 Å². The van der Waals surface area contributed by atoms with Crippen LogP contribution in [0.2, 0.25) is 13.1 Å². The lowest BCUT2D eigenvalue weighted by Crippen LogP contribution is -2.49. The first kappa shape index (κ1) is 26.3. The fourth-order valence-corrected chi connectivity index (χ4v) is 8.55. The number of rotatable bonds is 6. The van der Waals surface area contributed by atoms with Crippen LogP contribution in [0.3, 0.4) is 0 Å². The van der Waals surface area contributed by atoms with E-state index in [1.807, 2.05) is 24.3 Å². The van der Waals surface area contributed by atoms with Gasteiger partial charge in [0.05, 0.1) is 12.7 Å². The molecule has 2 aromatic carbocycles. The molecule has 1 radical (unpaired) electrons. The van der Waals surface area contributed by atoms with Gasteiger partial charge in [0, 0.05) is 16.5 Å². The number of hydrogen-bond donors (Lipinski definition) is 0. The summed E-state index contributed by atoms with van der Waals surface area (Å²) >= 11 is 0. The van der Waals surface area contributed by atoms with Crippen LogP contribution in [0.15, 0.2) is 36.4 Å². The second-order valence-corrected chi connectivity index (χ2v) is 15.3. The lowest BCUT2D eigenvalue weighted by Gasteiger charge is -2.58. The third-order valence-electron chi connectivity index (χ3n) is 8.98. The smallest absolute Gasteiger partial charge is 0.337 e. The monoisotopic (exact) mass is 515 g/mol. The summed E-state index contributed by atoms with van der Waals surface area (Å²) in [5, 5.41) is 0. The molecule has 6 rings (SSSR count). The highest BCUT2D eigenvalue weighted by Crippen LogP contribution is 2.63. The summed E-state index contributed by atoms with van der Waals surface area (Å²) in [6.45, 7) is 13.8. The Morgan fingerprint density at radius 1 is 0.946 bits per heavy atom. The number of allylic oxidation sites excluding steroid dienone is 1. The molecule has 4 aliphatic carbocycles. The zero-order valence-electron chi connectivity index (χ0n) is 23.7. The fourth-order valence-electron chi connectivity index (χ4n) is 7.93. The molecule has 0 N–H and O–H groups in total. The molecule has 3 nitrogen and oxygen atoms in total. The van der Waals surface area contributed by atoms with E-state index < -0.39 is 9.04 Å². The lowest BCUT2D eigenvalue weighted by atomic mass is 9.47.